The van der Waals surface area contributed by atoms with Crippen LogP contribution >= 0.6 is 0 Å². The fraction of sp³-hybridized carbons (Fsp3) is 0.625. The van der Waals surface area contributed by atoms with Crippen LogP contribution in [0.15, 0.2) is 24.3 Å². The van der Waals surface area contributed by atoms with Crippen molar-refractivity contribution >= 4 is 0 Å². The van der Waals surface area contributed by atoms with E-state index in [0.717, 1.165) is 25.7 Å². The zero-order valence-corrected chi connectivity index (χ0v) is 11.2. The van der Waals surface area contributed by atoms with Gasteiger partial charge in [0.1, 0.15) is 0 Å². The average Bonchev–Trinajstić information content (AvgIpc) is 3.10. The Morgan fingerprint density at radius 1 is 1.28 bits per heavy atom. The standard InChI is InChI=1S/C16H23NO/c1-12(15-8-9-18-11-15)17-10-14-4-2-3-5-16(14)13-6-7-13/h2-5,12-13,15,17H,6-11H2,1H3. The molecule has 3 rings (SSSR count). The van der Waals surface area contributed by atoms with E-state index >= 15 is 0 Å². The van der Waals surface area contributed by atoms with Crippen LogP contribution in [-0.2, 0) is 11.3 Å². The summed E-state index contributed by atoms with van der Waals surface area (Å²) in [5, 5.41) is 3.68. The summed E-state index contributed by atoms with van der Waals surface area (Å²) >= 11 is 0. The number of nitrogens with one attached hydrogen (secondary N) is 1. The zero-order chi connectivity index (χ0) is 12.4. The maximum absolute atomic E-state index is 5.46. The van der Waals surface area contributed by atoms with Gasteiger partial charge in [-0.3, -0.25) is 0 Å². The molecule has 1 saturated heterocycles. The number of hydrogen-bond donors (Lipinski definition) is 1. The molecular formula is C16H23NO. The topological polar surface area (TPSA) is 21.3 Å². The van der Waals surface area contributed by atoms with Gasteiger partial charge in [-0.2, -0.15) is 0 Å². The van der Waals surface area contributed by atoms with Gasteiger partial charge < -0.3 is 10.1 Å². The Morgan fingerprint density at radius 2 is 2.11 bits per heavy atom. The third-order valence-electron chi connectivity index (χ3n) is 4.36. The molecule has 2 aliphatic rings. The van der Waals surface area contributed by atoms with Gasteiger partial charge in [0.25, 0.3) is 0 Å². The van der Waals surface area contributed by atoms with Crippen LogP contribution < -0.4 is 5.32 Å². The minimum absolute atomic E-state index is 0.555. The van der Waals surface area contributed by atoms with Crippen molar-refractivity contribution in [2.24, 2.45) is 5.92 Å². The predicted molar refractivity (Wildman–Crippen MR) is 73.6 cm³/mol. The minimum Gasteiger partial charge on any atom is -0.381 e. The van der Waals surface area contributed by atoms with Gasteiger partial charge in [-0.05, 0) is 49.1 Å². The van der Waals surface area contributed by atoms with Crippen molar-refractivity contribution in [3.8, 4) is 0 Å². The van der Waals surface area contributed by atoms with Crippen molar-refractivity contribution in [1.29, 1.82) is 0 Å². The summed E-state index contributed by atoms with van der Waals surface area (Å²) in [6.07, 6.45) is 3.96. The van der Waals surface area contributed by atoms with Crippen LogP contribution in [0.2, 0.25) is 0 Å². The molecule has 18 heavy (non-hydrogen) atoms. The third-order valence-corrected chi connectivity index (χ3v) is 4.36. The van der Waals surface area contributed by atoms with Crippen LogP contribution in [0.5, 0.6) is 0 Å². The first-order valence-corrected chi connectivity index (χ1v) is 7.23. The van der Waals surface area contributed by atoms with Gasteiger partial charge in [0.15, 0.2) is 0 Å². The van der Waals surface area contributed by atoms with Crippen molar-refractivity contribution in [3.63, 3.8) is 0 Å². The highest BCUT2D eigenvalue weighted by molar-refractivity contribution is 5.33. The molecule has 2 unspecified atom stereocenters. The molecule has 1 saturated carbocycles. The molecule has 2 atom stereocenters. The Bertz CT molecular complexity index is 394. The third kappa shape index (κ3) is 2.76. The highest BCUT2D eigenvalue weighted by atomic mass is 16.5. The Balaban J connectivity index is 1.58. The number of benzene rings is 1. The summed E-state index contributed by atoms with van der Waals surface area (Å²) in [7, 11) is 0. The summed E-state index contributed by atoms with van der Waals surface area (Å²) in [5.74, 6) is 1.53. The Kier molecular flexibility index (Phi) is 3.67. The molecule has 1 aliphatic heterocycles. The second kappa shape index (κ2) is 5.41. The Labute approximate surface area is 110 Å². The fourth-order valence-corrected chi connectivity index (χ4v) is 2.87. The summed E-state index contributed by atoms with van der Waals surface area (Å²) in [6.45, 7) is 5.16. The van der Waals surface area contributed by atoms with E-state index in [9.17, 15) is 0 Å². The first kappa shape index (κ1) is 12.2. The van der Waals surface area contributed by atoms with Crippen molar-refractivity contribution in [2.45, 2.75) is 44.7 Å². The molecule has 2 heteroatoms. The van der Waals surface area contributed by atoms with E-state index in [-0.39, 0.29) is 0 Å². The van der Waals surface area contributed by atoms with E-state index < -0.39 is 0 Å². The van der Waals surface area contributed by atoms with E-state index in [1.165, 1.54) is 24.8 Å². The second-order valence-electron chi connectivity index (χ2n) is 5.77. The largest absolute Gasteiger partial charge is 0.381 e. The SMILES string of the molecule is CC(NCc1ccccc1C1CC1)C1CCOC1. The predicted octanol–water partition coefficient (Wildman–Crippen LogP) is 3.08. The fourth-order valence-electron chi connectivity index (χ4n) is 2.87. The highest BCUT2D eigenvalue weighted by Gasteiger charge is 2.26. The highest BCUT2D eigenvalue weighted by Crippen LogP contribution is 2.41. The first-order valence-electron chi connectivity index (χ1n) is 7.23. The molecule has 0 radical (unpaired) electrons. The van der Waals surface area contributed by atoms with Gasteiger partial charge in [-0.1, -0.05) is 24.3 Å². The quantitative estimate of drug-likeness (QED) is 0.860. The lowest BCUT2D eigenvalue weighted by atomic mass is 9.99. The van der Waals surface area contributed by atoms with E-state index in [2.05, 4.69) is 36.5 Å². The van der Waals surface area contributed by atoms with E-state index in [1.54, 1.807) is 5.56 Å². The molecule has 0 bridgehead atoms. The molecule has 2 nitrogen and oxygen atoms in total. The lowest BCUT2D eigenvalue weighted by molar-refractivity contribution is 0.178. The summed E-state index contributed by atoms with van der Waals surface area (Å²) in [4.78, 5) is 0. The number of rotatable bonds is 5. The molecule has 0 amide bonds. The molecule has 1 aromatic rings. The summed E-state index contributed by atoms with van der Waals surface area (Å²) < 4.78 is 5.46. The van der Waals surface area contributed by atoms with Crippen LogP contribution in [-0.4, -0.2) is 19.3 Å². The molecule has 98 valence electrons. The van der Waals surface area contributed by atoms with Gasteiger partial charge in [0.05, 0.1) is 6.61 Å². The first-order chi connectivity index (χ1) is 8.84. The number of ether oxygens (including phenoxy) is 1. The van der Waals surface area contributed by atoms with Gasteiger partial charge >= 0.3 is 0 Å². The van der Waals surface area contributed by atoms with Crippen LogP contribution in [0.1, 0.15) is 43.2 Å². The molecule has 1 aliphatic carbocycles. The van der Waals surface area contributed by atoms with Crippen molar-refractivity contribution < 1.29 is 4.74 Å². The molecule has 0 spiro atoms. The van der Waals surface area contributed by atoms with Gasteiger partial charge in [-0.25, -0.2) is 0 Å². The van der Waals surface area contributed by atoms with E-state index in [4.69, 9.17) is 4.74 Å². The lowest BCUT2D eigenvalue weighted by Gasteiger charge is -2.20. The van der Waals surface area contributed by atoms with Gasteiger partial charge in [-0.15, -0.1) is 0 Å². The van der Waals surface area contributed by atoms with Crippen LogP contribution in [0.4, 0.5) is 0 Å². The Hall–Kier alpha value is -0.860. The maximum atomic E-state index is 5.46. The average molecular weight is 245 g/mol. The number of hydrogen-bond acceptors (Lipinski definition) is 2. The van der Waals surface area contributed by atoms with E-state index in [0.29, 0.717) is 12.0 Å². The lowest BCUT2D eigenvalue weighted by Crippen LogP contribution is -2.33. The molecule has 1 aromatic carbocycles. The zero-order valence-electron chi connectivity index (χ0n) is 11.2. The minimum atomic E-state index is 0.555. The summed E-state index contributed by atoms with van der Waals surface area (Å²) in [6, 6.07) is 9.47. The smallest absolute Gasteiger partial charge is 0.0509 e. The van der Waals surface area contributed by atoms with E-state index in [1.807, 2.05) is 0 Å². The maximum Gasteiger partial charge on any atom is 0.0509 e. The van der Waals surface area contributed by atoms with Gasteiger partial charge in [0, 0.05) is 19.2 Å². The normalized spacial score (nSPS) is 25.3. The van der Waals surface area contributed by atoms with Crippen molar-refractivity contribution in [1.82, 2.24) is 5.32 Å². The van der Waals surface area contributed by atoms with Crippen LogP contribution in [0.25, 0.3) is 0 Å². The van der Waals surface area contributed by atoms with Crippen LogP contribution in [0, 0.1) is 5.92 Å². The summed E-state index contributed by atoms with van der Waals surface area (Å²) in [5.41, 5.74) is 3.06. The molecule has 1 N–H and O–H groups in total. The molecular weight excluding hydrogens is 222 g/mol. The van der Waals surface area contributed by atoms with Crippen molar-refractivity contribution in [3.05, 3.63) is 35.4 Å². The van der Waals surface area contributed by atoms with Gasteiger partial charge in [0.2, 0.25) is 0 Å². The monoisotopic (exact) mass is 245 g/mol. The Morgan fingerprint density at radius 3 is 2.83 bits per heavy atom. The van der Waals surface area contributed by atoms with Crippen molar-refractivity contribution in [2.75, 3.05) is 13.2 Å². The molecule has 2 fully saturated rings. The molecule has 0 aromatic heterocycles. The molecule has 1 heterocycles. The second-order valence-corrected chi connectivity index (χ2v) is 5.77. The van der Waals surface area contributed by atoms with Crippen LogP contribution in [0.3, 0.4) is 0 Å².